The van der Waals surface area contributed by atoms with Gasteiger partial charge in [-0.2, -0.15) is 13.2 Å². The highest BCUT2D eigenvalue weighted by Gasteiger charge is 2.30. The van der Waals surface area contributed by atoms with Crippen LogP contribution in [0, 0.1) is 0 Å². The minimum Gasteiger partial charge on any atom is -0.348 e. The summed E-state index contributed by atoms with van der Waals surface area (Å²) in [5, 5.41) is 4.57. The molecule has 0 aliphatic carbocycles. The molecule has 1 amide bonds. The van der Waals surface area contributed by atoms with Crippen molar-refractivity contribution >= 4 is 22.2 Å². The van der Waals surface area contributed by atoms with E-state index in [0.717, 1.165) is 17.8 Å². The number of halogens is 3. The van der Waals surface area contributed by atoms with Crippen LogP contribution < -0.4 is 5.32 Å². The van der Waals surface area contributed by atoms with Gasteiger partial charge in [0, 0.05) is 48.2 Å². The van der Waals surface area contributed by atoms with E-state index in [2.05, 4.69) is 20.3 Å². The molecular weight excluding hydrogens is 415 g/mol. The number of carbonyl (C=O) groups is 1. The summed E-state index contributed by atoms with van der Waals surface area (Å²) in [4.78, 5) is 25.8. The first kappa shape index (κ1) is 20.0. The fourth-order valence-corrected chi connectivity index (χ4v) is 3.89. The van der Waals surface area contributed by atoms with Gasteiger partial charge < -0.3 is 5.32 Å². The Hall–Kier alpha value is -3.27. The van der Waals surface area contributed by atoms with Gasteiger partial charge in [-0.15, -0.1) is 11.3 Å². The smallest absolute Gasteiger partial charge is 0.348 e. The van der Waals surface area contributed by atoms with Crippen molar-refractivity contribution in [3.63, 3.8) is 0 Å². The van der Waals surface area contributed by atoms with Crippen molar-refractivity contribution in [2.24, 2.45) is 0 Å². The van der Waals surface area contributed by atoms with Crippen LogP contribution in [0.4, 0.5) is 13.2 Å². The molecule has 4 aromatic rings. The molecule has 0 radical (unpaired) electrons. The standard InChI is InChI=1S/C20H16F3N5OS/c1-12(7-15-9-24-5-6-25-15)26-18(29)17-11-30-19-27-16(10-28(17)19)13-3-2-4-14(8-13)20(21,22)23/h2-6,8-12H,7H2,1H3,(H,26,29). The number of nitrogens with zero attached hydrogens (tertiary/aromatic N) is 4. The number of fused-ring (bicyclic) bond motifs is 1. The molecule has 6 nitrogen and oxygen atoms in total. The minimum atomic E-state index is -4.43. The van der Waals surface area contributed by atoms with Gasteiger partial charge in [0.25, 0.3) is 5.91 Å². The summed E-state index contributed by atoms with van der Waals surface area (Å²) in [6.45, 7) is 1.86. The normalized spacial score (nSPS) is 12.8. The number of rotatable bonds is 5. The summed E-state index contributed by atoms with van der Waals surface area (Å²) >= 11 is 1.25. The molecule has 0 aliphatic rings. The van der Waals surface area contributed by atoms with E-state index in [0.29, 0.717) is 28.3 Å². The van der Waals surface area contributed by atoms with Gasteiger partial charge in [0.2, 0.25) is 0 Å². The minimum absolute atomic E-state index is 0.185. The van der Waals surface area contributed by atoms with Gasteiger partial charge in [0.05, 0.1) is 17.0 Å². The van der Waals surface area contributed by atoms with Gasteiger partial charge in [-0.25, -0.2) is 4.98 Å². The van der Waals surface area contributed by atoms with Crippen LogP contribution in [0.15, 0.2) is 54.4 Å². The van der Waals surface area contributed by atoms with Gasteiger partial charge in [0.15, 0.2) is 4.96 Å². The highest BCUT2D eigenvalue weighted by Crippen LogP contribution is 2.32. The van der Waals surface area contributed by atoms with Crippen LogP contribution in [0.25, 0.3) is 16.2 Å². The monoisotopic (exact) mass is 431 g/mol. The lowest BCUT2D eigenvalue weighted by Crippen LogP contribution is -2.34. The molecule has 10 heteroatoms. The van der Waals surface area contributed by atoms with Crippen molar-refractivity contribution in [3.05, 3.63) is 71.4 Å². The molecule has 0 fully saturated rings. The summed E-state index contributed by atoms with van der Waals surface area (Å²) in [6.07, 6.45) is 2.47. The average Bonchev–Trinajstić information content (AvgIpc) is 3.29. The van der Waals surface area contributed by atoms with Crippen molar-refractivity contribution < 1.29 is 18.0 Å². The Morgan fingerprint density at radius 2 is 2.13 bits per heavy atom. The Kier molecular flexibility index (Phi) is 5.25. The first-order chi connectivity index (χ1) is 14.3. The molecule has 3 heterocycles. The van der Waals surface area contributed by atoms with E-state index in [4.69, 9.17) is 0 Å². The summed E-state index contributed by atoms with van der Waals surface area (Å²) in [5.41, 5.74) is 1.09. The number of hydrogen-bond acceptors (Lipinski definition) is 5. The summed E-state index contributed by atoms with van der Waals surface area (Å²) in [6, 6.07) is 4.78. The van der Waals surface area contributed by atoms with Crippen molar-refractivity contribution in [1.82, 2.24) is 24.7 Å². The van der Waals surface area contributed by atoms with Gasteiger partial charge in [-0.1, -0.05) is 12.1 Å². The molecular formula is C20H16F3N5OS. The van der Waals surface area contributed by atoms with Crippen LogP contribution in [-0.2, 0) is 12.6 Å². The van der Waals surface area contributed by atoms with E-state index in [9.17, 15) is 18.0 Å². The average molecular weight is 431 g/mol. The topological polar surface area (TPSA) is 72.2 Å². The predicted molar refractivity (Wildman–Crippen MR) is 106 cm³/mol. The fraction of sp³-hybridized carbons (Fsp3) is 0.200. The second-order valence-corrected chi connectivity index (χ2v) is 7.59. The first-order valence-electron chi connectivity index (χ1n) is 9.01. The fourth-order valence-electron chi connectivity index (χ4n) is 3.04. The number of aromatic nitrogens is 4. The van der Waals surface area contributed by atoms with E-state index in [1.165, 1.54) is 17.4 Å². The van der Waals surface area contributed by atoms with Gasteiger partial charge in [0.1, 0.15) is 5.69 Å². The number of imidazole rings is 1. The SMILES string of the molecule is CC(Cc1cnccn1)NC(=O)c1csc2nc(-c3cccc(C(F)(F)F)c3)cn12. The lowest BCUT2D eigenvalue weighted by molar-refractivity contribution is -0.137. The maximum Gasteiger partial charge on any atom is 0.416 e. The van der Waals surface area contributed by atoms with Crippen LogP contribution >= 0.6 is 11.3 Å². The molecule has 0 aliphatic heterocycles. The number of thiazole rings is 1. The zero-order valence-corrected chi connectivity index (χ0v) is 16.5. The number of amides is 1. The first-order valence-corrected chi connectivity index (χ1v) is 9.89. The summed E-state index contributed by atoms with van der Waals surface area (Å²) in [7, 11) is 0. The Balaban J connectivity index is 1.55. The van der Waals surface area contributed by atoms with E-state index in [1.807, 2.05) is 6.92 Å². The molecule has 1 N–H and O–H groups in total. The van der Waals surface area contributed by atoms with Crippen LogP contribution in [0.2, 0.25) is 0 Å². The molecule has 1 atom stereocenters. The maximum absolute atomic E-state index is 13.0. The molecule has 4 rings (SSSR count). The second kappa shape index (κ2) is 7.86. The van der Waals surface area contributed by atoms with Crippen LogP contribution in [-0.4, -0.2) is 31.3 Å². The molecule has 0 bridgehead atoms. The van der Waals surface area contributed by atoms with Crippen molar-refractivity contribution in [2.75, 3.05) is 0 Å². The highest BCUT2D eigenvalue weighted by atomic mass is 32.1. The number of hydrogen-bond donors (Lipinski definition) is 1. The van der Waals surface area contributed by atoms with Crippen LogP contribution in [0.1, 0.15) is 28.7 Å². The third kappa shape index (κ3) is 4.18. The zero-order chi connectivity index (χ0) is 21.3. The molecule has 154 valence electrons. The lowest BCUT2D eigenvalue weighted by Gasteiger charge is -2.12. The Morgan fingerprint density at radius 1 is 1.30 bits per heavy atom. The largest absolute Gasteiger partial charge is 0.416 e. The molecule has 0 saturated heterocycles. The van der Waals surface area contributed by atoms with Crippen molar-refractivity contribution in [3.8, 4) is 11.3 Å². The third-order valence-corrected chi connectivity index (χ3v) is 5.28. The molecule has 30 heavy (non-hydrogen) atoms. The maximum atomic E-state index is 13.0. The number of nitrogens with one attached hydrogen (secondary N) is 1. The molecule has 3 aromatic heterocycles. The Bertz CT molecular complexity index is 1190. The summed E-state index contributed by atoms with van der Waals surface area (Å²) in [5.74, 6) is -0.300. The van der Waals surface area contributed by atoms with Gasteiger partial charge in [-0.3, -0.25) is 19.2 Å². The van der Waals surface area contributed by atoms with Crippen LogP contribution in [0.3, 0.4) is 0 Å². The van der Waals surface area contributed by atoms with Gasteiger partial charge >= 0.3 is 6.18 Å². The van der Waals surface area contributed by atoms with E-state index in [-0.39, 0.29) is 11.9 Å². The van der Waals surface area contributed by atoms with E-state index < -0.39 is 11.7 Å². The molecule has 1 aromatic carbocycles. The lowest BCUT2D eigenvalue weighted by atomic mass is 10.1. The van der Waals surface area contributed by atoms with Crippen molar-refractivity contribution in [2.45, 2.75) is 25.6 Å². The summed E-state index contributed by atoms with van der Waals surface area (Å²) < 4.78 is 40.6. The Labute approximate surface area is 173 Å². The van der Waals surface area contributed by atoms with Gasteiger partial charge in [-0.05, 0) is 19.1 Å². The predicted octanol–water partition coefficient (Wildman–Crippen LogP) is 4.23. The molecule has 0 saturated carbocycles. The third-order valence-electron chi connectivity index (χ3n) is 4.44. The second-order valence-electron chi connectivity index (χ2n) is 6.75. The number of carbonyl (C=O) groups excluding carboxylic acids is 1. The quantitative estimate of drug-likeness (QED) is 0.513. The molecule has 1 unspecified atom stereocenters. The highest BCUT2D eigenvalue weighted by molar-refractivity contribution is 7.15. The Morgan fingerprint density at radius 3 is 2.87 bits per heavy atom. The molecule has 0 spiro atoms. The van der Waals surface area contributed by atoms with E-state index in [1.54, 1.807) is 40.6 Å². The number of benzene rings is 1. The number of alkyl halides is 3. The van der Waals surface area contributed by atoms with E-state index >= 15 is 0 Å². The van der Waals surface area contributed by atoms with Crippen molar-refractivity contribution in [1.29, 1.82) is 0 Å². The zero-order valence-electron chi connectivity index (χ0n) is 15.7. The van der Waals surface area contributed by atoms with Crippen LogP contribution in [0.5, 0.6) is 0 Å².